The summed E-state index contributed by atoms with van der Waals surface area (Å²) in [5.74, 6) is 0.519. The summed E-state index contributed by atoms with van der Waals surface area (Å²) in [6.07, 6.45) is 2.61. The van der Waals surface area contributed by atoms with E-state index in [-0.39, 0.29) is 18.1 Å². The molecule has 3 saturated heterocycles. The Morgan fingerprint density at radius 1 is 1.18 bits per heavy atom. The number of rotatable bonds is 4. The number of hydrogen-bond donors (Lipinski definition) is 1. The molecule has 0 aliphatic carbocycles. The van der Waals surface area contributed by atoms with Crippen LogP contribution in [0.4, 0.5) is 4.39 Å². The van der Waals surface area contributed by atoms with Crippen LogP contribution in [0, 0.1) is 11.7 Å². The highest BCUT2D eigenvalue weighted by Gasteiger charge is 2.36. The lowest BCUT2D eigenvalue weighted by molar-refractivity contribution is -0.117. The zero-order chi connectivity index (χ0) is 19.3. The van der Waals surface area contributed by atoms with Crippen molar-refractivity contribution in [2.45, 2.75) is 25.2 Å². The predicted molar refractivity (Wildman–Crippen MR) is 110 cm³/mol. The average Bonchev–Trinajstić information content (AvgIpc) is 3.11. The molecule has 1 atom stereocenters. The van der Waals surface area contributed by atoms with E-state index in [9.17, 15) is 9.18 Å². The van der Waals surface area contributed by atoms with Gasteiger partial charge in [-0.15, -0.1) is 0 Å². The maximum Gasteiger partial charge on any atom is 0.223 e. The van der Waals surface area contributed by atoms with Gasteiger partial charge in [0.15, 0.2) is 0 Å². The van der Waals surface area contributed by atoms with Gasteiger partial charge >= 0.3 is 0 Å². The van der Waals surface area contributed by atoms with E-state index in [4.69, 9.17) is 5.73 Å². The summed E-state index contributed by atoms with van der Waals surface area (Å²) in [5.41, 5.74) is 9.62. The van der Waals surface area contributed by atoms with Crippen LogP contribution in [0.1, 0.15) is 30.0 Å². The van der Waals surface area contributed by atoms with E-state index in [1.807, 2.05) is 12.1 Å². The minimum absolute atomic E-state index is 0.171. The van der Waals surface area contributed by atoms with Gasteiger partial charge in [-0.05, 0) is 78.3 Å². The summed E-state index contributed by atoms with van der Waals surface area (Å²) in [5, 5.41) is 1.11. The second-order valence-electron chi connectivity index (χ2n) is 7.96. The Hall–Kier alpha value is -2.31. The van der Waals surface area contributed by atoms with Gasteiger partial charge in [0.25, 0.3) is 0 Å². The van der Waals surface area contributed by atoms with Crippen molar-refractivity contribution < 1.29 is 9.18 Å². The highest BCUT2D eigenvalue weighted by atomic mass is 32.1. The van der Waals surface area contributed by atoms with Crippen LogP contribution in [0.5, 0.6) is 0 Å². The summed E-state index contributed by atoms with van der Waals surface area (Å²) in [7, 11) is 0. The number of nitrogens with zero attached hydrogens (tertiary/aromatic N) is 2. The molecular weight excluding hydrogens is 373 g/mol. The molecule has 144 valence electrons. The fourth-order valence-corrected chi connectivity index (χ4v) is 5.74. The van der Waals surface area contributed by atoms with Gasteiger partial charge in [-0.1, -0.05) is 18.2 Å². The molecule has 1 aromatic heterocycles. The molecule has 3 aliphatic rings. The van der Waals surface area contributed by atoms with Crippen LogP contribution < -0.4 is 5.73 Å². The minimum atomic E-state index is -0.352. The number of carbonyl (C=O) groups is 1. The number of nitrogens with two attached hydrogens (primary N) is 1. The van der Waals surface area contributed by atoms with Gasteiger partial charge in [-0.25, -0.2) is 4.39 Å². The van der Waals surface area contributed by atoms with Gasteiger partial charge in [-0.3, -0.25) is 4.79 Å². The number of primary amides is 1. The normalized spacial score (nSPS) is 24.0. The fourth-order valence-electron chi connectivity index (χ4n) is 4.87. The van der Waals surface area contributed by atoms with E-state index in [0.29, 0.717) is 11.8 Å². The Morgan fingerprint density at radius 2 is 1.93 bits per heavy atom. The average molecular weight is 396 g/mol. The minimum Gasteiger partial charge on any atom is -0.369 e. The Balaban J connectivity index is 1.68. The lowest BCUT2D eigenvalue weighted by Gasteiger charge is -2.45. The van der Waals surface area contributed by atoms with Gasteiger partial charge in [0.2, 0.25) is 5.91 Å². The Morgan fingerprint density at radius 3 is 2.57 bits per heavy atom. The highest BCUT2D eigenvalue weighted by Crippen LogP contribution is 2.44. The molecular formula is C22H22FN3OS. The van der Waals surface area contributed by atoms with Crippen LogP contribution in [0.3, 0.4) is 0 Å². The van der Waals surface area contributed by atoms with E-state index in [1.54, 1.807) is 0 Å². The molecule has 3 aliphatic heterocycles. The van der Waals surface area contributed by atoms with Crippen LogP contribution in [-0.4, -0.2) is 34.8 Å². The number of carbonyl (C=O) groups excluding carboxylic acids is 1. The Labute approximate surface area is 167 Å². The first-order valence-corrected chi connectivity index (χ1v) is 10.5. The van der Waals surface area contributed by atoms with Crippen LogP contribution in [-0.2, 0) is 11.2 Å². The molecule has 2 N–H and O–H groups in total. The van der Waals surface area contributed by atoms with Crippen molar-refractivity contribution in [3.8, 4) is 11.1 Å². The maximum atomic E-state index is 13.4. The summed E-state index contributed by atoms with van der Waals surface area (Å²) in [6, 6.07) is 11.0. The smallest absolute Gasteiger partial charge is 0.223 e. The first kappa shape index (κ1) is 17.8. The van der Waals surface area contributed by atoms with Crippen molar-refractivity contribution in [3.63, 3.8) is 0 Å². The van der Waals surface area contributed by atoms with Gasteiger partial charge in [0.05, 0.1) is 16.8 Å². The van der Waals surface area contributed by atoms with Gasteiger partial charge in [-0.2, -0.15) is 4.37 Å². The van der Waals surface area contributed by atoms with Gasteiger partial charge < -0.3 is 10.6 Å². The van der Waals surface area contributed by atoms with E-state index >= 15 is 0 Å². The van der Waals surface area contributed by atoms with Gasteiger partial charge in [0.1, 0.15) is 5.82 Å². The Bertz CT molecular complexity index is 1040. The first-order valence-electron chi connectivity index (χ1n) is 9.77. The molecule has 0 radical (unpaired) electrons. The number of amides is 1. The van der Waals surface area contributed by atoms with E-state index in [1.165, 1.54) is 55.2 Å². The second kappa shape index (κ2) is 6.94. The zero-order valence-corrected chi connectivity index (χ0v) is 16.3. The van der Waals surface area contributed by atoms with E-state index in [0.717, 1.165) is 33.5 Å². The highest BCUT2D eigenvalue weighted by molar-refractivity contribution is 7.13. The molecule has 3 fully saturated rings. The zero-order valence-electron chi connectivity index (χ0n) is 15.5. The number of piperidine rings is 3. The number of fused-ring (bicyclic) bond motifs is 4. The van der Waals surface area contributed by atoms with Crippen molar-refractivity contribution in [2.24, 2.45) is 11.7 Å². The molecule has 0 spiro atoms. The van der Waals surface area contributed by atoms with Crippen LogP contribution in [0.15, 0.2) is 36.4 Å². The molecule has 0 saturated carbocycles. The lowest BCUT2D eigenvalue weighted by atomic mass is 9.74. The number of hydrogen-bond acceptors (Lipinski definition) is 4. The number of benzene rings is 2. The molecule has 2 aromatic carbocycles. The molecule has 4 heterocycles. The molecule has 4 nitrogen and oxygen atoms in total. The van der Waals surface area contributed by atoms with Crippen LogP contribution in [0.25, 0.3) is 21.2 Å². The second-order valence-corrected chi connectivity index (χ2v) is 8.77. The van der Waals surface area contributed by atoms with Crippen molar-refractivity contribution in [3.05, 3.63) is 53.5 Å². The molecule has 6 heteroatoms. The summed E-state index contributed by atoms with van der Waals surface area (Å²) in [6.45, 7) is 3.41. The monoisotopic (exact) mass is 395 g/mol. The molecule has 28 heavy (non-hydrogen) atoms. The maximum absolute atomic E-state index is 13.4. The SMILES string of the molecule is NC(=O)Cc1nsc2cc(-c3ccc(F)cc3)cc(C3CN4CCC3CC4)c12. The van der Waals surface area contributed by atoms with Crippen LogP contribution in [0.2, 0.25) is 0 Å². The van der Waals surface area contributed by atoms with Gasteiger partial charge in [0, 0.05) is 17.8 Å². The standard InChI is InChI=1S/C22H22FN3OS/c23-16-3-1-13(2-4-16)15-9-17(18-12-26-7-5-14(18)6-8-26)22-19(11-21(24)27)25-28-20(22)10-15/h1-4,9-10,14,18H,5-8,11-12H2,(H2,24,27). The largest absolute Gasteiger partial charge is 0.369 e. The summed E-state index contributed by atoms with van der Waals surface area (Å²) >= 11 is 1.42. The van der Waals surface area contributed by atoms with E-state index in [2.05, 4.69) is 21.4 Å². The first-order chi connectivity index (χ1) is 13.6. The molecule has 3 aromatic rings. The van der Waals surface area contributed by atoms with Crippen molar-refractivity contribution in [1.29, 1.82) is 0 Å². The molecule has 1 amide bonds. The summed E-state index contributed by atoms with van der Waals surface area (Å²) in [4.78, 5) is 14.1. The van der Waals surface area contributed by atoms with E-state index < -0.39 is 0 Å². The summed E-state index contributed by atoms with van der Waals surface area (Å²) < 4.78 is 19.0. The van der Waals surface area contributed by atoms with Crippen LogP contribution >= 0.6 is 11.5 Å². The predicted octanol–water partition coefficient (Wildman–Crippen LogP) is 3.94. The number of aromatic nitrogens is 1. The topological polar surface area (TPSA) is 59.2 Å². The fraction of sp³-hybridized carbons (Fsp3) is 0.364. The third-order valence-corrected chi connectivity index (χ3v) is 7.08. The molecule has 6 rings (SSSR count). The van der Waals surface area contributed by atoms with Crippen molar-refractivity contribution in [1.82, 2.24) is 9.27 Å². The Kier molecular flexibility index (Phi) is 4.40. The molecule has 2 bridgehead atoms. The lowest BCUT2D eigenvalue weighted by Crippen LogP contribution is -2.46. The van der Waals surface area contributed by atoms with Crippen molar-refractivity contribution in [2.75, 3.05) is 19.6 Å². The quantitative estimate of drug-likeness (QED) is 0.728. The third kappa shape index (κ3) is 3.10. The third-order valence-electron chi connectivity index (χ3n) is 6.25. The number of halogens is 1. The molecule has 1 unspecified atom stereocenters. The van der Waals surface area contributed by atoms with Crippen molar-refractivity contribution >= 4 is 27.5 Å².